The van der Waals surface area contributed by atoms with Gasteiger partial charge in [-0.05, 0) is 30.7 Å². The van der Waals surface area contributed by atoms with Crippen LogP contribution in [0.4, 0.5) is 34.8 Å². The van der Waals surface area contributed by atoms with E-state index in [1.54, 1.807) is 17.1 Å². The number of hydrogen-bond acceptors (Lipinski definition) is 8. The number of hydrogen-bond donors (Lipinski definition) is 3. The van der Waals surface area contributed by atoms with Crippen LogP contribution in [0.15, 0.2) is 30.6 Å². The van der Waals surface area contributed by atoms with Gasteiger partial charge >= 0.3 is 6.18 Å². The Bertz CT molecular complexity index is 1180. The molecular formula is C21H22ClF4N5O3S. The summed E-state index contributed by atoms with van der Waals surface area (Å²) in [5.74, 6) is -1.47. The molecule has 0 aliphatic heterocycles. The van der Waals surface area contributed by atoms with Gasteiger partial charge in [-0.15, -0.1) is 0 Å². The second kappa shape index (κ2) is 12.5. The Morgan fingerprint density at radius 1 is 1.23 bits per heavy atom. The number of fused-ring (bicyclic) bond motifs is 1. The average Bonchev–Trinajstić information content (AvgIpc) is 2.78. The summed E-state index contributed by atoms with van der Waals surface area (Å²) in [6.07, 6.45) is 0.751. The monoisotopic (exact) mass is 535 g/mol. The zero-order chi connectivity index (χ0) is 26.2. The van der Waals surface area contributed by atoms with Crippen LogP contribution in [0.3, 0.4) is 0 Å². The number of halogens is 5. The first kappa shape index (κ1) is 28.1. The predicted octanol–water partition coefficient (Wildman–Crippen LogP) is 4.79. The number of carbonyl (C=O) groups excluding carboxylic acids is 1. The zero-order valence-electron chi connectivity index (χ0n) is 18.8. The molecule has 190 valence electrons. The van der Waals surface area contributed by atoms with Crippen molar-refractivity contribution in [2.45, 2.75) is 6.18 Å². The number of ether oxygens (including phenoxy) is 2. The molecule has 0 aliphatic rings. The molecule has 4 N–H and O–H groups in total. The molecule has 0 aliphatic carbocycles. The number of rotatable bonds is 7. The number of alkyl halides is 3. The second-order valence-electron chi connectivity index (χ2n) is 6.78. The summed E-state index contributed by atoms with van der Waals surface area (Å²) in [6, 6.07) is 4.90. The van der Waals surface area contributed by atoms with Crippen LogP contribution in [0.1, 0.15) is 0 Å². The van der Waals surface area contributed by atoms with E-state index < -0.39 is 31.1 Å². The van der Waals surface area contributed by atoms with Crippen molar-refractivity contribution in [1.82, 2.24) is 15.3 Å². The van der Waals surface area contributed by atoms with Crippen LogP contribution in [-0.4, -0.2) is 54.8 Å². The number of nitrogens with zero attached hydrogens (tertiary/aromatic N) is 2. The van der Waals surface area contributed by atoms with Gasteiger partial charge in [-0.2, -0.15) is 24.9 Å². The first-order valence-corrected chi connectivity index (χ1v) is 11.7. The molecule has 1 amide bonds. The minimum Gasteiger partial charge on any atom is -0.493 e. The Hall–Kier alpha value is -3.19. The Balaban J connectivity index is 0.00000137. The van der Waals surface area contributed by atoms with Crippen LogP contribution in [0, 0.1) is 5.82 Å². The van der Waals surface area contributed by atoms with E-state index in [0.717, 1.165) is 12.1 Å². The lowest BCUT2D eigenvalue weighted by Gasteiger charge is -2.16. The molecule has 14 heteroatoms. The molecule has 8 nitrogen and oxygen atoms in total. The molecule has 1 heterocycles. The van der Waals surface area contributed by atoms with Crippen molar-refractivity contribution in [1.29, 1.82) is 0 Å². The van der Waals surface area contributed by atoms with Crippen molar-refractivity contribution in [2.75, 3.05) is 43.8 Å². The van der Waals surface area contributed by atoms with Gasteiger partial charge in [-0.1, -0.05) is 11.6 Å². The fraction of sp³-hybridized carbons (Fsp3) is 0.286. The van der Waals surface area contributed by atoms with Crippen LogP contribution >= 0.6 is 23.4 Å². The number of nitrogen functional groups attached to an aromatic ring is 1. The Morgan fingerprint density at radius 2 is 1.91 bits per heavy atom. The third-order valence-corrected chi connectivity index (χ3v) is 4.46. The van der Waals surface area contributed by atoms with E-state index in [9.17, 15) is 22.4 Å². The van der Waals surface area contributed by atoms with Crippen molar-refractivity contribution < 1.29 is 31.8 Å². The van der Waals surface area contributed by atoms with Crippen molar-refractivity contribution in [2.24, 2.45) is 0 Å². The molecule has 3 aromatic rings. The molecule has 0 saturated heterocycles. The highest BCUT2D eigenvalue weighted by atomic mass is 35.5. The first-order valence-electron chi connectivity index (χ1n) is 9.70. The summed E-state index contributed by atoms with van der Waals surface area (Å²) in [5.41, 5.74) is 6.71. The Kier molecular flexibility index (Phi) is 10.0. The topological polar surface area (TPSA) is 111 Å². The van der Waals surface area contributed by atoms with Crippen LogP contribution in [0.5, 0.6) is 11.5 Å². The minimum absolute atomic E-state index is 0.127. The summed E-state index contributed by atoms with van der Waals surface area (Å²) in [6.45, 7) is -2.29. The van der Waals surface area contributed by atoms with Crippen LogP contribution in [0.25, 0.3) is 10.9 Å². The summed E-state index contributed by atoms with van der Waals surface area (Å²) in [5, 5.41) is 5.03. The van der Waals surface area contributed by atoms with Gasteiger partial charge in [-0.3, -0.25) is 4.79 Å². The molecule has 3 rings (SSSR count). The molecule has 0 atom stereocenters. The second-order valence-corrected chi connectivity index (χ2v) is 7.98. The summed E-state index contributed by atoms with van der Waals surface area (Å²) in [7, 11) is 1.38. The van der Waals surface area contributed by atoms with Gasteiger partial charge in [0.2, 0.25) is 0 Å². The maximum Gasteiger partial charge on any atom is 0.405 e. The van der Waals surface area contributed by atoms with Gasteiger partial charge in [0, 0.05) is 6.07 Å². The maximum absolute atomic E-state index is 13.7. The van der Waals surface area contributed by atoms with Gasteiger partial charge in [0.1, 0.15) is 30.3 Å². The number of aromatic nitrogens is 2. The lowest BCUT2D eigenvalue weighted by atomic mass is 10.2. The van der Waals surface area contributed by atoms with Gasteiger partial charge in [0.05, 0.1) is 34.4 Å². The van der Waals surface area contributed by atoms with Gasteiger partial charge < -0.3 is 25.8 Å². The molecule has 0 unspecified atom stereocenters. The quantitative estimate of drug-likeness (QED) is 0.292. The van der Waals surface area contributed by atoms with Gasteiger partial charge in [-0.25, -0.2) is 14.4 Å². The number of nitrogens with two attached hydrogens (primary N) is 1. The fourth-order valence-electron chi connectivity index (χ4n) is 2.72. The molecule has 0 bridgehead atoms. The van der Waals surface area contributed by atoms with E-state index in [1.165, 1.54) is 25.6 Å². The highest BCUT2D eigenvalue weighted by Gasteiger charge is 2.27. The Morgan fingerprint density at radius 3 is 2.54 bits per heavy atom. The van der Waals surface area contributed by atoms with Crippen molar-refractivity contribution in [3.63, 3.8) is 0 Å². The van der Waals surface area contributed by atoms with E-state index in [2.05, 4.69) is 15.3 Å². The predicted molar refractivity (Wildman–Crippen MR) is 129 cm³/mol. The number of anilines is 3. The van der Waals surface area contributed by atoms with Gasteiger partial charge in [0.25, 0.3) is 5.91 Å². The molecule has 1 aromatic heterocycles. The van der Waals surface area contributed by atoms with E-state index in [0.29, 0.717) is 10.9 Å². The minimum atomic E-state index is -4.57. The molecular weight excluding hydrogens is 514 g/mol. The number of methoxy groups -OCH3 is 1. The summed E-state index contributed by atoms with van der Waals surface area (Å²) < 4.78 is 60.8. The van der Waals surface area contributed by atoms with Crippen LogP contribution < -0.4 is 25.8 Å². The lowest BCUT2D eigenvalue weighted by molar-refractivity contribution is -0.139. The lowest BCUT2D eigenvalue weighted by Crippen LogP contribution is -2.36. The highest BCUT2D eigenvalue weighted by molar-refractivity contribution is 7.97. The molecule has 0 radical (unpaired) electrons. The molecule has 35 heavy (non-hydrogen) atoms. The maximum atomic E-state index is 13.7. The van der Waals surface area contributed by atoms with Crippen molar-refractivity contribution >= 4 is 57.4 Å². The van der Waals surface area contributed by atoms with E-state index in [-0.39, 0.29) is 33.7 Å². The molecule has 0 fully saturated rings. The zero-order valence-corrected chi connectivity index (χ0v) is 20.4. The highest BCUT2D eigenvalue weighted by Crippen LogP contribution is 2.41. The van der Waals surface area contributed by atoms with E-state index in [4.69, 9.17) is 26.8 Å². The molecule has 0 spiro atoms. The normalized spacial score (nSPS) is 10.9. The third-order valence-electron chi connectivity index (χ3n) is 4.10. The van der Waals surface area contributed by atoms with E-state index >= 15 is 0 Å². The summed E-state index contributed by atoms with van der Waals surface area (Å²) in [4.78, 5) is 19.9. The molecule has 2 aromatic carbocycles. The SMILES string of the molecule is COc1c(N)cc2ncnc(Nc3ccc(F)cc3OCC(=O)NCC(F)(F)F)c2c1Cl.CSC. The number of thioether (sulfide) groups is 1. The fourth-order valence-corrected chi connectivity index (χ4v) is 3.09. The van der Waals surface area contributed by atoms with Gasteiger partial charge in [0.15, 0.2) is 12.4 Å². The number of amides is 1. The number of carbonyl (C=O) groups is 1. The van der Waals surface area contributed by atoms with E-state index in [1.807, 2.05) is 12.5 Å². The summed E-state index contributed by atoms with van der Waals surface area (Å²) >= 11 is 8.15. The smallest absolute Gasteiger partial charge is 0.405 e. The van der Waals surface area contributed by atoms with Crippen molar-refractivity contribution in [3.8, 4) is 11.5 Å². The largest absolute Gasteiger partial charge is 0.493 e. The van der Waals surface area contributed by atoms with Crippen LogP contribution in [0.2, 0.25) is 5.02 Å². The third kappa shape index (κ3) is 7.92. The average molecular weight is 536 g/mol. The number of benzene rings is 2. The Labute approximate surface area is 207 Å². The standard InChI is InChI=1S/C19H16ClF4N5O3.C2H6S/c1-31-17-10(25)5-12-15(16(17)20)18(28-8-27-12)29-11-3-2-9(21)4-13(11)32-6-14(30)26-7-19(22,23)24;1-3-2/h2-5,8H,6-7,25H2,1H3,(H,26,30)(H,27,28,29);1-2H3. The van der Waals surface area contributed by atoms with Crippen LogP contribution in [-0.2, 0) is 4.79 Å². The molecule has 0 saturated carbocycles. The number of nitrogens with one attached hydrogen (secondary N) is 2. The van der Waals surface area contributed by atoms with Crippen molar-refractivity contribution in [3.05, 3.63) is 41.4 Å². The first-order chi connectivity index (χ1) is 16.5.